The van der Waals surface area contributed by atoms with Crippen LogP contribution in [0, 0.1) is 0 Å². The molecule has 0 radical (unpaired) electrons. The van der Waals surface area contributed by atoms with Crippen LogP contribution in [0.2, 0.25) is 0 Å². The second-order valence-electron chi connectivity index (χ2n) is 4.61. The summed E-state index contributed by atoms with van der Waals surface area (Å²) in [6, 6.07) is 7.67. The summed E-state index contributed by atoms with van der Waals surface area (Å²) >= 11 is 0. The topological polar surface area (TPSA) is 38.7 Å². The third-order valence-electron chi connectivity index (χ3n) is 3.01. The molecule has 2 unspecified atom stereocenters. The molecule has 0 spiro atoms. The fraction of sp³-hybridized carbons (Fsp3) is 0.625. The largest absolute Gasteiger partial charge is 0.493 e. The number of benzene rings is 1. The zero-order valence-electron chi connectivity index (χ0n) is 12.3. The number of ether oxygens (including phenoxy) is 2. The van der Waals surface area contributed by atoms with Gasteiger partial charge in [0.2, 0.25) is 0 Å². The highest BCUT2D eigenvalue weighted by Gasteiger charge is 2.23. The molecule has 3 heteroatoms. The molecule has 0 bridgehead atoms. The minimum atomic E-state index is -0.632. The van der Waals surface area contributed by atoms with E-state index in [1.165, 1.54) is 0 Å². The standard InChI is InChI=1S/C16H26O3/c1-4-9-15(18-6-3)16(17)13-10-7-8-11-14(13)19-12-5-2/h7-8,10-11,15-17H,4-6,9,12H2,1-3H3. The zero-order valence-corrected chi connectivity index (χ0v) is 12.3. The molecule has 0 heterocycles. The van der Waals surface area contributed by atoms with Crippen LogP contribution in [0.15, 0.2) is 24.3 Å². The lowest BCUT2D eigenvalue weighted by Crippen LogP contribution is -2.23. The van der Waals surface area contributed by atoms with Crippen LogP contribution in [-0.2, 0) is 4.74 Å². The van der Waals surface area contributed by atoms with Crippen molar-refractivity contribution in [1.29, 1.82) is 0 Å². The summed E-state index contributed by atoms with van der Waals surface area (Å²) in [6.45, 7) is 7.39. The van der Waals surface area contributed by atoms with Crippen molar-refractivity contribution >= 4 is 0 Å². The Labute approximate surface area is 116 Å². The van der Waals surface area contributed by atoms with E-state index in [-0.39, 0.29) is 6.10 Å². The second kappa shape index (κ2) is 8.94. The van der Waals surface area contributed by atoms with Gasteiger partial charge in [-0.25, -0.2) is 0 Å². The molecule has 3 nitrogen and oxygen atoms in total. The van der Waals surface area contributed by atoms with Crippen molar-refractivity contribution in [3.63, 3.8) is 0 Å². The molecule has 0 amide bonds. The molecule has 0 aromatic heterocycles. The lowest BCUT2D eigenvalue weighted by atomic mass is 10.00. The van der Waals surface area contributed by atoms with Crippen LogP contribution in [-0.4, -0.2) is 24.4 Å². The van der Waals surface area contributed by atoms with Crippen molar-refractivity contribution in [1.82, 2.24) is 0 Å². The van der Waals surface area contributed by atoms with Gasteiger partial charge in [-0.05, 0) is 25.8 Å². The van der Waals surface area contributed by atoms with Crippen molar-refractivity contribution in [2.24, 2.45) is 0 Å². The van der Waals surface area contributed by atoms with E-state index in [4.69, 9.17) is 9.47 Å². The Bertz CT molecular complexity index is 346. The number of rotatable bonds is 9. The van der Waals surface area contributed by atoms with Gasteiger partial charge >= 0.3 is 0 Å². The number of para-hydroxylation sites is 1. The SMILES string of the molecule is CCCOc1ccccc1C(O)C(CCC)OCC. The summed E-state index contributed by atoms with van der Waals surface area (Å²) in [7, 11) is 0. The lowest BCUT2D eigenvalue weighted by Gasteiger charge is -2.24. The molecule has 1 aromatic rings. The van der Waals surface area contributed by atoms with Crippen LogP contribution in [0.25, 0.3) is 0 Å². The Balaban J connectivity index is 2.86. The van der Waals surface area contributed by atoms with E-state index in [9.17, 15) is 5.11 Å². The molecule has 1 N–H and O–H groups in total. The molecule has 19 heavy (non-hydrogen) atoms. The maximum Gasteiger partial charge on any atom is 0.125 e. The predicted octanol–water partition coefficient (Wildman–Crippen LogP) is 3.71. The summed E-state index contributed by atoms with van der Waals surface area (Å²) < 4.78 is 11.4. The average molecular weight is 266 g/mol. The number of hydrogen-bond acceptors (Lipinski definition) is 3. The number of aliphatic hydroxyl groups is 1. The van der Waals surface area contributed by atoms with Gasteiger partial charge < -0.3 is 14.6 Å². The molecule has 0 saturated carbocycles. The summed E-state index contributed by atoms with van der Waals surface area (Å²) in [5, 5.41) is 10.5. The molecule has 0 aliphatic carbocycles. The zero-order chi connectivity index (χ0) is 14.1. The maximum absolute atomic E-state index is 10.5. The van der Waals surface area contributed by atoms with Gasteiger partial charge in [0.05, 0.1) is 12.7 Å². The monoisotopic (exact) mass is 266 g/mol. The second-order valence-corrected chi connectivity index (χ2v) is 4.61. The van der Waals surface area contributed by atoms with Crippen LogP contribution in [0.3, 0.4) is 0 Å². The van der Waals surface area contributed by atoms with E-state index < -0.39 is 6.10 Å². The Morgan fingerprint density at radius 3 is 2.47 bits per heavy atom. The van der Waals surface area contributed by atoms with E-state index in [0.717, 1.165) is 30.6 Å². The molecule has 0 aliphatic rings. The number of aliphatic hydroxyl groups excluding tert-OH is 1. The van der Waals surface area contributed by atoms with Gasteiger partial charge in [0.25, 0.3) is 0 Å². The molecule has 1 rings (SSSR count). The van der Waals surface area contributed by atoms with Crippen LogP contribution < -0.4 is 4.74 Å². The van der Waals surface area contributed by atoms with E-state index in [1.807, 2.05) is 31.2 Å². The Hall–Kier alpha value is -1.06. The molecule has 1 aromatic carbocycles. The van der Waals surface area contributed by atoms with Crippen LogP contribution in [0.1, 0.15) is 51.7 Å². The van der Waals surface area contributed by atoms with Gasteiger partial charge in [0.15, 0.2) is 0 Å². The Kier molecular flexibility index (Phi) is 7.53. The van der Waals surface area contributed by atoms with Crippen LogP contribution >= 0.6 is 0 Å². The van der Waals surface area contributed by atoms with Crippen LogP contribution in [0.4, 0.5) is 0 Å². The van der Waals surface area contributed by atoms with Crippen LogP contribution in [0.5, 0.6) is 5.75 Å². The van der Waals surface area contributed by atoms with Crippen molar-refractivity contribution < 1.29 is 14.6 Å². The Morgan fingerprint density at radius 2 is 1.84 bits per heavy atom. The minimum Gasteiger partial charge on any atom is -0.493 e. The molecular formula is C16H26O3. The van der Waals surface area contributed by atoms with Gasteiger partial charge in [-0.2, -0.15) is 0 Å². The fourth-order valence-electron chi connectivity index (χ4n) is 2.10. The summed E-state index contributed by atoms with van der Waals surface area (Å²) in [6.07, 6.45) is 1.99. The fourth-order valence-corrected chi connectivity index (χ4v) is 2.10. The highest BCUT2D eigenvalue weighted by atomic mass is 16.5. The predicted molar refractivity (Wildman–Crippen MR) is 77.5 cm³/mol. The third kappa shape index (κ3) is 4.84. The molecule has 0 fully saturated rings. The molecule has 108 valence electrons. The van der Waals surface area contributed by atoms with E-state index in [1.54, 1.807) is 0 Å². The molecular weight excluding hydrogens is 240 g/mol. The molecule has 0 aliphatic heterocycles. The smallest absolute Gasteiger partial charge is 0.125 e. The Morgan fingerprint density at radius 1 is 1.11 bits per heavy atom. The van der Waals surface area contributed by atoms with Gasteiger partial charge in [0.1, 0.15) is 11.9 Å². The van der Waals surface area contributed by atoms with Gasteiger partial charge in [-0.3, -0.25) is 0 Å². The van der Waals surface area contributed by atoms with E-state index in [0.29, 0.717) is 13.2 Å². The third-order valence-corrected chi connectivity index (χ3v) is 3.01. The lowest BCUT2D eigenvalue weighted by molar-refractivity contribution is -0.0394. The minimum absolute atomic E-state index is 0.165. The summed E-state index contributed by atoms with van der Waals surface area (Å²) in [5.41, 5.74) is 0.822. The van der Waals surface area contributed by atoms with Crippen molar-refractivity contribution in [2.45, 2.75) is 52.2 Å². The quantitative estimate of drug-likeness (QED) is 0.740. The van der Waals surface area contributed by atoms with E-state index in [2.05, 4.69) is 13.8 Å². The first-order chi connectivity index (χ1) is 9.24. The number of hydrogen-bond donors (Lipinski definition) is 1. The highest BCUT2D eigenvalue weighted by molar-refractivity contribution is 5.35. The van der Waals surface area contributed by atoms with E-state index >= 15 is 0 Å². The van der Waals surface area contributed by atoms with Gasteiger partial charge in [0, 0.05) is 12.2 Å². The van der Waals surface area contributed by atoms with Crippen molar-refractivity contribution in [3.8, 4) is 5.75 Å². The maximum atomic E-state index is 10.5. The first-order valence-electron chi connectivity index (χ1n) is 7.25. The molecule has 2 atom stereocenters. The van der Waals surface area contributed by atoms with Gasteiger partial charge in [-0.15, -0.1) is 0 Å². The first kappa shape index (κ1) is 16.0. The normalized spacial score (nSPS) is 14.1. The summed E-state index contributed by atoms with van der Waals surface area (Å²) in [4.78, 5) is 0. The average Bonchev–Trinajstić information content (AvgIpc) is 2.44. The van der Waals surface area contributed by atoms with Crippen molar-refractivity contribution in [2.75, 3.05) is 13.2 Å². The summed E-state index contributed by atoms with van der Waals surface area (Å²) in [5.74, 6) is 0.762. The highest BCUT2D eigenvalue weighted by Crippen LogP contribution is 2.30. The van der Waals surface area contributed by atoms with Gasteiger partial charge in [-0.1, -0.05) is 38.5 Å². The molecule has 0 saturated heterocycles. The first-order valence-corrected chi connectivity index (χ1v) is 7.25. The van der Waals surface area contributed by atoms with Crippen molar-refractivity contribution in [3.05, 3.63) is 29.8 Å².